The maximum Gasteiger partial charge on any atom is 0.230 e. The third-order valence-electron chi connectivity index (χ3n) is 4.06. The number of nitrogens with zero attached hydrogens (tertiary/aromatic N) is 2. The standard InChI is InChI=1S/C18H24N4O3S2/c1-11(2)16(12-5-6-13-14(9-12)25-8-4-7-24-13)20-15(23)10-26-18-22-21-17(19-3)27-18/h5-6,9,11,16H,4,7-8,10H2,1-3H3,(H,19,21)(H,20,23). The van der Waals surface area contributed by atoms with Crippen LogP contribution >= 0.6 is 23.1 Å². The van der Waals surface area contributed by atoms with Gasteiger partial charge >= 0.3 is 0 Å². The van der Waals surface area contributed by atoms with Crippen molar-refractivity contribution in [3.63, 3.8) is 0 Å². The number of fused-ring (bicyclic) bond motifs is 1. The number of amides is 1. The van der Waals surface area contributed by atoms with Gasteiger partial charge in [-0.1, -0.05) is 43.0 Å². The van der Waals surface area contributed by atoms with Gasteiger partial charge in [0.25, 0.3) is 0 Å². The van der Waals surface area contributed by atoms with Crippen molar-refractivity contribution >= 4 is 34.1 Å². The van der Waals surface area contributed by atoms with E-state index in [9.17, 15) is 4.79 Å². The van der Waals surface area contributed by atoms with E-state index in [0.29, 0.717) is 19.0 Å². The van der Waals surface area contributed by atoms with E-state index >= 15 is 0 Å². The Morgan fingerprint density at radius 1 is 1.26 bits per heavy atom. The molecule has 1 aliphatic rings. The van der Waals surface area contributed by atoms with Crippen LogP contribution in [0.1, 0.15) is 31.9 Å². The first-order valence-corrected chi connectivity index (χ1v) is 10.7. The number of aromatic nitrogens is 2. The van der Waals surface area contributed by atoms with Crippen molar-refractivity contribution in [2.45, 2.75) is 30.6 Å². The number of anilines is 1. The maximum absolute atomic E-state index is 12.5. The summed E-state index contributed by atoms with van der Waals surface area (Å²) >= 11 is 2.82. The fraction of sp³-hybridized carbons (Fsp3) is 0.500. The Kier molecular flexibility index (Phi) is 6.78. The molecule has 1 aliphatic heterocycles. The highest BCUT2D eigenvalue weighted by Gasteiger charge is 2.21. The predicted octanol–water partition coefficient (Wildman–Crippen LogP) is 3.35. The first-order chi connectivity index (χ1) is 13.1. The molecule has 3 rings (SSSR count). The molecule has 2 heterocycles. The lowest BCUT2D eigenvalue weighted by atomic mass is 9.95. The summed E-state index contributed by atoms with van der Waals surface area (Å²) < 4.78 is 12.2. The smallest absolute Gasteiger partial charge is 0.230 e. The van der Waals surface area contributed by atoms with Crippen LogP contribution in [0.3, 0.4) is 0 Å². The molecule has 1 aromatic heterocycles. The molecular weight excluding hydrogens is 384 g/mol. The zero-order valence-electron chi connectivity index (χ0n) is 15.7. The van der Waals surface area contributed by atoms with E-state index < -0.39 is 0 Å². The molecule has 1 unspecified atom stereocenters. The Labute approximate surface area is 167 Å². The SMILES string of the molecule is CNc1nnc(SCC(=O)NC(c2ccc3c(c2)OCCCO3)C(C)C)s1. The largest absolute Gasteiger partial charge is 0.490 e. The lowest BCUT2D eigenvalue weighted by molar-refractivity contribution is -0.119. The molecule has 2 N–H and O–H groups in total. The van der Waals surface area contributed by atoms with Crippen LogP contribution < -0.4 is 20.1 Å². The third kappa shape index (κ3) is 5.26. The molecule has 0 radical (unpaired) electrons. The Morgan fingerprint density at radius 2 is 2.04 bits per heavy atom. The lowest BCUT2D eigenvalue weighted by Crippen LogP contribution is -2.33. The molecule has 0 bridgehead atoms. The van der Waals surface area contributed by atoms with Gasteiger partial charge in [-0.2, -0.15) is 0 Å². The Hall–Kier alpha value is -2.00. The zero-order chi connectivity index (χ0) is 19.2. The van der Waals surface area contributed by atoms with Crippen LogP contribution in [0.4, 0.5) is 5.13 Å². The topological polar surface area (TPSA) is 85.4 Å². The molecule has 0 saturated carbocycles. The summed E-state index contributed by atoms with van der Waals surface area (Å²) in [4.78, 5) is 12.5. The first kappa shape index (κ1) is 19.8. The van der Waals surface area contributed by atoms with E-state index in [1.807, 2.05) is 18.2 Å². The molecule has 7 nitrogen and oxygen atoms in total. The van der Waals surface area contributed by atoms with Crippen molar-refractivity contribution in [1.82, 2.24) is 15.5 Å². The molecule has 0 spiro atoms. The molecular formula is C18H24N4O3S2. The fourth-order valence-electron chi connectivity index (χ4n) is 2.72. The van der Waals surface area contributed by atoms with E-state index in [4.69, 9.17) is 9.47 Å². The summed E-state index contributed by atoms with van der Waals surface area (Å²) in [6.45, 7) is 5.48. The van der Waals surface area contributed by atoms with Crippen LogP contribution in [0.15, 0.2) is 22.5 Å². The van der Waals surface area contributed by atoms with Crippen LogP contribution in [0.25, 0.3) is 0 Å². The van der Waals surface area contributed by atoms with Crippen LogP contribution in [-0.2, 0) is 4.79 Å². The van der Waals surface area contributed by atoms with E-state index in [1.54, 1.807) is 7.05 Å². The molecule has 1 aromatic carbocycles. The van der Waals surface area contributed by atoms with Crippen LogP contribution in [0, 0.1) is 5.92 Å². The predicted molar refractivity (Wildman–Crippen MR) is 108 cm³/mol. The van der Waals surface area contributed by atoms with Gasteiger partial charge in [0, 0.05) is 13.5 Å². The van der Waals surface area contributed by atoms with Gasteiger partial charge in [-0.05, 0) is 23.6 Å². The van der Waals surface area contributed by atoms with Gasteiger partial charge in [0.2, 0.25) is 11.0 Å². The minimum absolute atomic E-state index is 0.0352. The molecule has 146 valence electrons. The van der Waals surface area contributed by atoms with Crippen LogP contribution in [-0.4, -0.2) is 42.1 Å². The van der Waals surface area contributed by atoms with Gasteiger partial charge in [0.1, 0.15) is 0 Å². The molecule has 1 amide bonds. The third-order valence-corrected chi connectivity index (χ3v) is 6.13. The van der Waals surface area contributed by atoms with Gasteiger partial charge < -0.3 is 20.1 Å². The number of nitrogens with one attached hydrogen (secondary N) is 2. The second kappa shape index (κ2) is 9.27. The molecule has 2 aromatic rings. The van der Waals surface area contributed by atoms with Gasteiger partial charge in [-0.25, -0.2) is 0 Å². The molecule has 0 aliphatic carbocycles. The van der Waals surface area contributed by atoms with Gasteiger partial charge in [0.05, 0.1) is 25.0 Å². The minimum atomic E-state index is -0.0995. The monoisotopic (exact) mass is 408 g/mol. The average Bonchev–Trinajstić information content (AvgIpc) is 3.00. The van der Waals surface area contributed by atoms with Crippen molar-refractivity contribution in [2.24, 2.45) is 5.92 Å². The first-order valence-electron chi connectivity index (χ1n) is 8.89. The highest BCUT2D eigenvalue weighted by molar-refractivity contribution is 8.01. The molecule has 0 saturated heterocycles. The van der Waals surface area contributed by atoms with Crippen molar-refractivity contribution in [1.29, 1.82) is 0 Å². The van der Waals surface area contributed by atoms with Crippen LogP contribution in [0.5, 0.6) is 11.5 Å². The normalized spacial score (nSPS) is 14.5. The summed E-state index contributed by atoms with van der Waals surface area (Å²) in [5.41, 5.74) is 1.01. The molecule has 27 heavy (non-hydrogen) atoms. The quantitative estimate of drug-likeness (QED) is 0.680. The van der Waals surface area contributed by atoms with Gasteiger partial charge in [-0.3, -0.25) is 4.79 Å². The summed E-state index contributed by atoms with van der Waals surface area (Å²) in [6, 6.07) is 5.79. The van der Waals surface area contributed by atoms with Gasteiger partial charge in [-0.15, -0.1) is 10.2 Å². The number of hydrogen-bond donors (Lipinski definition) is 2. The number of benzene rings is 1. The fourth-order valence-corrected chi connectivity index (χ4v) is 4.24. The Balaban J connectivity index is 1.64. The lowest BCUT2D eigenvalue weighted by Gasteiger charge is -2.23. The number of thioether (sulfide) groups is 1. The maximum atomic E-state index is 12.5. The summed E-state index contributed by atoms with van der Waals surface area (Å²) in [5, 5.41) is 14.8. The summed E-state index contributed by atoms with van der Waals surface area (Å²) in [7, 11) is 1.80. The van der Waals surface area contributed by atoms with Crippen molar-refractivity contribution < 1.29 is 14.3 Å². The number of rotatable bonds is 7. The number of carbonyl (C=O) groups is 1. The molecule has 0 fully saturated rings. The Bertz CT molecular complexity index is 782. The Morgan fingerprint density at radius 3 is 2.74 bits per heavy atom. The van der Waals surface area contributed by atoms with E-state index in [0.717, 1.165) is 33.0 Å². The summed E-state index contributed by atoms with van der Waals surface area (Å²) in [5.74, 6) is 2.00. The molecule has 1 atom stereocenters. The average molecular weight is 409 g/mol. The van der Waals surface area contributed by atoms with Crippen molar-refractivity contribution in [2.75, 3.05) is 31.3 Å². The number of hydrogen-bond acceptors (Lipinski definition) is 8. The number of ether oxygens (including phenoxy) is 2. The molecule has 9 heteroatoms. The van der Waals surface area contributed by atoms with Gasteiger partial charge in [0.15, 0.2) is 15.8 Å². The highest BCUT2D eigenvalue weighted by atomic mass is 32.2. The zero-order valence-corrected chi connectivity index (χ0v) is 17.3. The van der Waals surface area contributed by atoms with Crippen LogP contribution in [0.2, 0.25) is 0 Å². The van der Waals surface area contributed by atoms with Crippen molar-refractivity contribution in [3.8, 4) is 11.5 Å². The highest BCUT2D eigenvalue weighted by Crippen LogP contribution is 2.34. The number of carbonyl (C=O) groups excluding carboxylic acids is 1. The summed E-state index contributed by atoms with van der Waals surface area (Å²) in [6.07, 6.45) is 0.868. The minimum Gasteiger partial charge on any atom is -0.490 e. The second-order valence-corrected chi connectivity index (χ2v) is 8.66. The van der Waals surface area contributed by atoms with E-state index in [1.165, 1.54) is 23.1 Å². The van der Waals surface area contributed by atoms with E-state index in [2.05, 4.69) is 34.7 Å². The second-order valence-electron chi connectivity index (χ2n) is 6.46. The van der Waals surface area contributed by atoms with Crippen molar-refractivity contribution in [3.05, 3.63) is 23.8 Å². The van der Waals surface area contributed by atoms with E-state index in [-0.39, 0.29) is 17.9 Å².